The van der Waals surface area contributed by atoms with Crippen LogP contribution in [0, 0.1) is 52.3 Å². The Hall–Kier alpha value is -1.10. The van der Waals surface area contributed by atoms with Crippen LogP contribution in [0.25, 0.3) is 0 Å². The van der Waals surface area contributed by atoms with Gasteiger partial charge in [-0.2, -0.15) is 0 Å². The van der Waals surface area contributed by atoms with E-state index in [1.54, 1.807) is 0 Å². The molecule has 11 atom stereocenters. The van der Waals surface area contributed by atoms with Crippen molar-refractivity contribution in [1.82, 2.24) is 0 Å². The molecule has 0 bridgehead atoms. The molecule has 218 valence electrons. The van der Waals surface area contributed by atoms with E-state index >= 15 is 0 Å². The molecule has 1 N–H and O–H groups in total. The highest BCUT2D eigenvalue weighted by Crippen LogP contribution is 2.69. The lowest BCUT2D eigenvalue weighted by Gasteiger charge is -2.65. The fraction of sp³-hybridized carbons (Fsp3) is 0.939. The molecule has 0 unspecified atom stereocenters. The van der Waals surface area contributed by atoms with E-state index in [1.165, 1.54) is 52.4 Å². The minimum absolute atomic E-state index is 0.307. The summed E-state index contributed by atoms with van der Waals surface area (Å²) in [5, 5.41) is 12.3. The van der Waals surface area contributed by atoms with Gasteiger partial charge in [-0.25, -0.2) is 0 Å². The Balaban J connectivity index is 1.57. The smallest absolute Gasteiger partial charge is 0.303 e. The number of carbonyl (C=O) groups excluding carboxylic acids is 2. The average molecular weight is 533 g/mol. The van der Waals surface area contributed by atoms with Crippen LogP contribution in [-0.4, -0.2) is 34.9 Å². The third-order valence-corrected chi connectivity index (χ3v) is 12.6. The van der Waals surface area contributed by atoms with E-state index in [4.69, 9.17) is 9.47 Å². The van der Waals surface area contributed by atoms with Gasteiger partial charge < -0.3 is 14.6 Å². The highest BCUT2D eigenvalue weighted by atomic mass is 16.6. The van der Waals surface area contributed by atoms with E-state index in [0.29, 0.717) is 29.6 Å². The summed E-state index contributed by atoms with van der Waals surface area (Å²) in [5.74, 6) is 3.91. The molecule has 38 heavy (non-hydrogen) atoms. The lowest BCUT2D eigenvalue weighted by atomic mass is 9.42. The molecule has 4 saturated carbocycles. The van der Waals surface area contributed by atoms with Crippen LogP contribution in [0.1, 0.15) is 126 Å². The van der Waals surface area contributed by atoms with Crippen LogP contribution in [0.2, 0.25) is 0 Å². The van der Waals surface area contributed by atoms with Crippen molar-refractivity contribution in [2.24, 2.45) is 52.3 Å². The predicted molar refractivity (Wildman–Crippen MR) is 150 cm³/mol. The van der Waals surface area contributed by atoms with Crippen molar-refractivity contribution >= 4 is 11.9 Å². The highest BCUT2D eigenvalue weighted by Gasteiger charge is 2.68. The molecule has 0 radical (unpaired) electrons. The number of carbonyl (C=O) groups is 2. The standard InChI is InChI=1S/C33H56O5/c1-9-24(20(2)3)11-10-21(4)27-12-13-28-26-18-30(38-23(6)35)33(36)19-25(37-22(5)34)14-17-32(33,8)29(26)15-16-31(27,28)7/h20-21,24-30,36H,9-19H2,1-8H3/t21-,24-,25+,26+,27-,28+,29+,30-,31-,32-,33+/m1/s1. The first-order chi connectivity index (χ1) is 17.8. The summed E-state index contributed by atoms with van der Waals surface area (Å²) in [6, 6.07) is 0. The number of esters is 2. The number of rotatable bonds is 8. The molecular formula is C33H56O5. The van der Waals surface area contributed by atoms with Crippen LogP contribution in [0.5, 0.6) is 0 Å². The summed E-state index contributed by atoms with van der Waals surface area (Å²) in [6.07, 6.45) is 10.7. The SMILES string of the molecule is CC[C@H](CC[C@@H](C)[C@H]1CC[C@H]2[C@@H]3C[C@@H](OC(C)=O)[C@@]4(O)C[C@@H](OC(C)=O)CC[C@]4(C)[C@H]3CC[C@]12C)C(C)C. The van der Waals surface area contributed by atoms with Crippen molar-refractivity contribution in [3.05, 3.63) is 0 Å². The molecule has 0 aromatic rings. The maximum Gasteiger partial charge on any atom is 0.303 e. The zero-order valence-corrected chi connectivity index (χ0v) is 25.6. The van der Waals surface area contributed by atoms with Crippen molar-refractivity contribution in [3.8, 4) is 0 Å². The van der Waals surface area contributed by atoms with E-state index in [2.05, 4.69) is 41.5 Å². The van der Waals surface area contributed by atoms with Gasteiger partial charge in [-0.1, -0.05) is 54.4 Å². The molecule has 4 rings (SSSR count). The molecule has 4 aliphatic carbocycles. The Morgan fingerprint density at radius 1 is 0.921 bits per heavy atom. The van der Waals surface area contributed by atoms with Gasteiger partial charge in [0.25, 0.3) is 0 Å². The molecule has 0 aromatic carbocycles. The Labute approximate surface area is 232 Å². The van der Waals surface area contributed by atoms with E-state index in [-0.39, 0.29) is 23.5 Å². The van der Waals surface area contributed by atoms with Crippen molar-refractivity contribution in [2.75, 3.05) is 0 Å². The maximum absolute atomic E-state index is 12.3. The van der Waals surface area contributed by atoms with E-state index < -0.39 is 11.7 Å². The number of aliphatic hydroxyl groups is 1. The molecule has 0 heterocycles. The van der Waals surface area contributed by atoms with Gasteiger partial charge in [-0.3, -0.25) is 9.59 Å². The Morgan fingerprint density at radius 2 is 1.61 bits per heavy atom. The van der Waals surface area contributed by atoms with Gasteiger partial charge in [-0.05, 0) is 98.2 Å². The van der Waals surface area contributed by atoms with Crippen LogP contribution >= 0.6 is 0 Å². The van der Waals surface area contributed by atoms with Gasteiger partial charge in [0.2, 0.25) is 0 Å². The molecule has 0 amide bonds. The Kier molecular flexibility index (Phi) is 8.69. The average Bonchev–Trinajstić information content (AvgIpc) is 3.17. The van der Waals surface area contributed by atoms with E-state index in [1.807, 2.05) is 0 Å². The number of hydrogen-bond acceptors (Lipinski definition) is 5. The third-order valence-electron chi connectivity index (χ3n) is 12.6. The maximum atomic E-state index is 12.3. The second-order valence-corrected chi connectivity index (χ2v) is 14.7. The predicted octanol–water partition coefficient (Wildman–Crippen LogP) is 7.33. The molecule has 0 aromatic heterocycles. The second-order valence-electron chi connectivity index (χ2n) is 14.7. The van der Waals surface area contributed by atoms with Crippen LogP contribution in [0.4, 0.5) is 0 Å². The van der Waals surface area contributed by atoms with Gasteiger partial charge in [0.05, 0.1) is 0 Å². The topological polar surface area (TPSA) is 72.8 Å². The minimum atomic E-state index is -1.16. The highest BCUT2D eigenvalue weighted by molar-refractivity contribution is 5.66. The van der Waals surface area contributed by atoms with Crippen molar-refractivity contribution < 1.29 is 24.2 Å². The molecular weight excluding hydrogens is 476 g/mol. The summed E-state index contributed by atoms with van der Waals surface area (Å²) in [7, 11) is 0. The first-order valence-electron chi connectivity index (χ1n) is 15.8. The zero-order valence-electron chi connectivity index (χ0n) is 25.6. The monoisotopic (exact) mass is 532 g/mol. The molecule has 0 saturated heterocycles. The van der Waals surface area contributed by atoms with Gasteiger partial charge in [0.1, 0.15) is 17.8 Å². The summed E-state index contributed by atoms with van der Waals surface area (Å²) < 4.78 is 11.5. The molecule has 4 fully saturated rings. The largest absolute Gasteiger partial charge is 0.462 e. The summed E-state index contributed by atoms with van der Waals surface area (Å²) in [4.78, 5) is 24.0. The van der Waals surface area contributed by atoms with Gasteiger partial charge >= 0.3 is 11.9 Å². The molecule has 5 nitrogen and oxygen atoms in total. The first kappa shape index (κ1) is 29.9. The van der Waals surface area contributed by atoms with Gasteiger partial charge in [0.15, 0.2) is 0 Å². The molecule has 5 heteroatoms. The van der Waals surface area contributed by atoms with Crippen molar-refractivity contribution in [3.63, 3.8) is 0 Å². The fourth-order valence-electron chi connectivity index (χ4n) is 10.6. The number of ether oxygens (including phenoxy) is 2. The van der Waals surface area contributed by atoms with E-state index in [9.17, 15) is 14.7 Å². The summed E-state index contributed by atoms with van der Waals surface area (Å²) in [6.45, 7) is 17.3. The summed E-state index contributed by atoms with van der Waals surface area (Å²) in [5.41, 5.74) is -1.19. The molecule has 0 spiro atoms. The summed E-state index contributed by atoms with van der Waals surface area (Å²) >= 11 is 0. The van der Waals surface area contributed by atoms with Crippen molar-refractivity contribution in [2.45, 2.75) is 144 Å². The minimum Gasteiger partial charge on any atom is -0.462 e. The number of fused-ring (bicyclic) bond motifs is 5. The normalized spacial score (nSPS) is 43.9. The van der Waals surface area contributed by atoms with Crippen LogP contribution < -0.4 is 0 Å². The van der Waals surface area contributed by atoms with Gasteiger partial charge in [-0.15, -0.1) is 0 Å². The first-order valence-corrected chi connectivity index (χ1v) is 15.8. The van der Waals surface area contributed by atoms with Crippen LogP contribution in [-0.2, 0) is 19.1 Å². The Morgan fingerprint density at radius 3 is 2.21 bits per heavy atom. The van der Waals surface area contributed by atoms with E-state index in [0.717, 1.165) is 49.4 Å². The number of hydrogen-bond donors (Lipinski definition) is 1. The fourth-order valence-corrected chi connectivity index (χ4v) is 10.6. The molecule has 4 aliphatic rings. The second kappa shape index (κ2) is 11.1. The van der Waals surface area contributed by atoms with Gasteiger partial charge in [0, 0.05) is 25.7 Å². The lowest BCUT2D eigenvalue weighted by molar-refractivity contribution is -0.271. The Bertz CT molecular complexity index is 869. The third kappa shape index (κ3) is 5.07. The van der Waals surface area contributed by atoms with Crippen LogP contribution in [0.15, 0.2) is 0 Å². The zero-order chi connectivity index (χ0) is 28.0. The van der Waals surface area contributed by atoms with Crippen LogP contribution in [0.3, 0.4) is 0 Å². The van der Waals surface area contributed by atoms with Crippen molar-refractivity contribution in [1.29, 1.82) is 0 Å². The molecule has 0 aliphatic heterocycles. The lowest BCUT2D eigenvalue weighted by Crippen LogP contribution is -2.69. The quantitative estimate of drug-likeness (QED) is 0.331.